The Hall–Kier alpha value is -1.99. The van der Waals surface area contributed by atoms with Gasteiger partial charge < -0.3 is 19.7 Å². The summed E-state index contributed by atoms with van der Waals surface area (Å²) in [6.07, 6.45) is -2.52. The van der Waals surface area contributed by atoms with E-state index in [0.29, 0.717) is 0 Å². The number of aromatic nitrogens is 2. The standard InChI is InChI=1S/C11H13N3O6/c1-19-9-8(17)6(4-15)20-11(9,5-12)14-3-2-7(16)13-10(14)18/h2-3,6,8-9,15,17H,4H2,1H3,(H,13,16,18). The van der Waals surface area contributed by atoms with Crippen LogP contribution in [0, 0.1) is 11.3 Å². The molecule has 0 radical (unpaired) electrons. The average molecular weight is 283 g/mol. The molecule has 3 N–H and O–H groups in total. The molecule has 4 atom stereocenters. The fraction of sp³-hybridized carbons (Fsp3) is 0.545. The van der Waals surface area contributed by atoms with Gasteiger partial charge in [0.15, 0.2) is 0 Å². The maximum absolute atomic E-state index is 11.8. The number of nitriles is 1. The summed E-state index contributed by atoms with van der Waals surface area (Å²) in [6.45, 7) is -0.553. The van der Waals surface area contributed by atoms with E-state index in [9.17, 15) is 20.0 Å². The molecule has 1 aliphatic rings. The Morgan fingerprint density at radius 1 is 1.65 bits per heavy atom. The Morgan fingerprint density at radius 2 is 2.35 bits per heavy atom. The summed E-state index contributed by atoms with van der Waals surface area (Å²) in [5.74, 6) is 0. The largest absolute Gasteiger partial charge is 0.394 e. The van der Waals surface area contributed by atoms with Gasteiger partial charge in [-0.25, -0.2) is 4.79 Å². The van der Waals surface area contributed by atoms with Gasteiger partial charge in [-0.05, 0) is 0 Å². The minimum absolute atomic E-state index is 0.553. The first-order chi connectivity index (χ1) is 9.50. The number of aromatic amines is 1. The molecule has 9 heteroatoms. The number of nitrogens with zero attached hydrogens (tertiary/aromatic N) is 2. The lowest BCUT2D eigenvalue weighted by Gasteiger charge is -2.28. The molecule has 1 aromatic rings. The van der Waals surface area contributed by atoms with E-state index in [1.165, 1.54) is 7.11 Å². The number of aliphatic hydroxyl groups excluding tert-OH is 2. The highest BCUT2D eigenvalue weighted by Crippen LogP contribution is 2.35. The van der Waals surface area contributed by atoms with Gasteiger partial charge in [-0.1, -0.05) is 0 Å². The van der Waals surface area contributed by atoms with Gasteiger partial charge in [-0.2, -0.15) is 5.26 Å². The van der Waals surface area contributed by atoms with E-state index in [-0.39, 0.29) is 0 Å². The number of rotatable bonds is 3. The van der Waals surface area contributed by atoms with E-state index in [0.717, 1.165) is 16.8 Å². The van der Waals surface area contributed by atoms with Crippen molar-refractivity contribution in [3.8, 4) is 6.07 Å². The fourth-order valence-electron chi connectivity index (χ4n) is 2.25. The number of ether oxygens (including phenoxy) is 2. The van der Waals surface area contributed by atoms with Gasteiger partial charge in [0.2, 0.25) is 0 Å². The summed E-state index contributed by atoms with van der Waals surface area (Å²) in [4.78, 5) is 24.9. The third-order valence-corrected chi connectivity index (χ3v) is 3.18. The molecule has 1 saturated heterocycles. The normalized spacial score (nSPS) is 33.0. The second-order valence-electron chi connectivity index (χ2n) is 4.27. The van der Waals surface area contributed by atoms with E-state index in [1.807, 2.05) is 4.98 Å². The zero-order valence-electron chi connectivity index (χ0n) is 10.5. The van der Waals surface area contributed by atoms with Crippen molar-refractivity contribution in [1.29, 1.82) is 5.26 Å². The molecule has 1 fully saturated rings. The molecular weight excluding hydrogens is 270 g/mol. The molecule has 1 aromatic heterocycles. The first-order valence-corrected chi connectivity index (χ1v) is 5.73. The maximum atomic E-state index is 11.8. The molecule has 108 valence electrons. The first kappa shape index (κ1) is 14.4. The minimum Gasteiger partial charge on any atom is -0.394 e. The van der Waals surface area contributed by atoms with Crippen LogP contribution in [-0.2, 0) is 15.2 Å². The number of hydrogen-bond acceptors (Lipinski definition) is 7. The van der Waals surface area contributed by atoms with Crippen molar-refractivity contribution in [2.24, 2.45) is 0 Å². The molecule has 0 amide bonds. The molecule has 4 unspecified atom stereocenters. The van der Waals surface area contributed by atoms with Gasteiger partial charge in [0.1, 0.15) is 24.4 Å². The number of methoxy groups -OCH3 is 1. The molecule has 0 bridgehead atoms. The second kappa shape index (κ2) is 5.18. The number of nitrogens with one attached hydrogen (secondary N) is 1. The predicted octanol–water partition coefficient (Wildman–Crippen LogP) is -2.52. The van der Waals surface area contributed by atoms with Crippen LogP contribution in [0.5, 0.6) is 0 Å². The predicted molar refractivity (Wildman–Crippen MR) is 63.7 cm³/mol. The summed E-state index contributed by atoms with van der Waals surface area (Å²) in [7, 11) is 1.24. The molecule has 0 aliphatic carbocycles. The Morgan fingerprint density at radius 3 is 2.85 bits per heavy atom. The summed E-state index contributed by atoms with van der Waals surface area (Å²) in [5, 5.41) is 28.5. The Bertz CT molecular complexity index is 647. The zero-order valence-corrected chi connectivity index (χ0v) is 10.5. The molecule has 9 nitrogen and oxygen atoms in total. The van der Waals surface area contributed by atoms with Crippen LogP contribution < -0.4 is 11.2 Å². The van der Waals surface area contributed by atoms with Gasteiger partial charge in [0.05, 0.1) is 6.61 Å². The van der Waals surface area contributed by atoms with Crippen molar-refractivity contribution >= 4 is 0 Å². The van der Waals surface area contributed by atoms with Gasteiger partial charge >= 0.3 is 5.69 Å². The zero-order chi connectivity index (χ0) is 14.9. The first-order valence-electron chi connectivity index (χ1n) is 5.73. The van der Waals surface area contributed by atoms with Crippen molar-refractivity contribution < 1.29 is 19.7 Å². The molecule has 0 spiro atoms. The molecule has 20 heavy (non-hydrogen) atoms. The Balaban J connectivity index is 2.62. The summed E-state index contributed by atoms with van der Waals surface area (Å²) in [5.41, 5.74) is -3.49. The third kappa shape index (κ3) is 1.95. The van der Waals surface area contributed by atoms with Crippen LogP contribution in [0.3, 0.4) is 0 Å². The van der Waals surface area contributed by atoms with Gasteiger partial charge in [0.25, 0.3) is 11.3 Å². The second-order valence-corrected chi connectivity index (χ2v) is 4.27. The number of hydrogen-bond donors (Lipinski definition) is 3. The summed E-state index contributed by atoms with van der Waals surface area (Å²) < 4.78 is 11.2. The molecular formula is C11H13N3O6. The highest BCUT2D eigenvalue weighted by atomic mass is 16.6. The van der Waals surface area contributed by atoms with Gasteiger partial charge in [-0.15, -0.1) is 0 Å². The van der Waals surface area contributed by atoms with Crippen LogP contribution in [0.1, 0.15) is 0 Å². The van der Waals surface area contributed by atoms with Crippen molar-refractivity contribution in [3.63, 3.8) is 0 Å². The lowest BCUT2D eigenvalue weighted by molar-refractivity contribution is -0.117. The molecule has 0 aromatic carbocycles. The van der Waals surface area contributed by atoms with Crippen molar-refractivity contribution in [3.05, 3.63) is 33.1 Å². The minimum atomic E-state index is -1.97. The van der Waals surface area contributed by atoms with E-state index in [2.05, 4.69) is 0 Å². The lowest BCUT2D eigenvalue weighted by Crippen LogP contribution is -2.51. The fourth-order valence-corrected chi connectivity index (χ4v) is 2.25. The topological polar surface area (TPSA) is 138 Å². The smallest absolute Gasteiger partial charge is 0.331 e. The van der Waals surface area contributed by atoms with E-state index in [1.54, 1.807) is 6.07 Å². The number of aliphatic hydroxyl groups is 2. The van der Waals surface area contributed by atoms with Crippen LogP contribution in [-0.4, -0.2) is 51.8 Å². The molecule has 1 aliphatic heterocycles. The molecule has 2 heterocycles. The van der Waals surface area contributed by atoms with E-state index >= 15 is 0 Å². The average Bonchev–Trinajstić information content (AvgIpc) is 2.71. The monoisotopic (exact) mass is 283 g/mol. The van der Waals surface area contributed by atoms with E-state index < -0.39 is 41.9 Å². The molecule has 2 rings (SSSR count). The lowest BCUT2D eigenvalue weighted by atomic mass is 10.0. The van der Waals surface area contributed by atoms with Crippen LogP contribution in [0.4, 0.5) is 0 Å². The van der Waals surface area contributed by atoms with Crippen molar-refractivity contribution in [2.75, 3.05) is 13.7 Å². The number of H-pyrrole nitrogens is 1. The maximum Gasteiger partial charge on any atom is 0.331 e. The van der Waals surface area contributed by atoms with Crippen molar-refractivity contribution in [2.45, 2.75) is 24.0 Å². The van der Waals surface area contributed by atoms with Gasteiger partial charge in [-0.3, -0.25) is 14.3 Å². The third-order valence-electron chi connectivity index (χ3n) is 3.18. The van der Waals surface area contributed by atoms with E-state index in [4.69, 9.17) is 14.6 Å². The van der Waals surface area contributed by atoms with Crippen LogP contribution in [0.15, 0.2) is 21.9 Å². The van der Waals surface area contributed by atoms with Gasteiger partial charge in [0, 0.05) is 19.4 Å². The van der Waals surface area contributed by atoms with Crippen LogP contribution in [0.2, 0.25) is 0 Å². The Kier molecular flexibility index (Phi) is 3.74. The Labute approximate surface area is 112 Å². The van der Waals surface area contributed by atoms with Crippen LogP contribution >= 0.6 is 0 Å². The highest BCUT2D eigenvalue weighted by molar-refractivity contribution is 5.13. The molecule has 0 saturated carbocycles. The highest BCUT2D eigenvalue weighted by Gasteiger charge is 2.57. The summed E-state index contributed by atoms with van der Waals surface area (Å²) in [6, 6.07) is 2.81. The summed E-state index contributed by atoms with van der Waals surface area (Å²) >= 11 is 0. The quantitative estimate of drug-likeness (QED) is 0.556. The SMILES string of the molecule is COC1C(O)C(CO)OC1(C#N)n1ccc(=O)[nH]c1=O. The van der Waals surface area contributed by atoms with Crippen LogP contribution in [0.25, 0.3) is 0 Å². The van der Waals surface area contributed by atoms with Crippen molar-refractivity contribution in [1.82, 2.24) is 9.55 Å².